The number of carbonyl (C=O) groups excluding carboxylic acids is 1. The number of rotatable bonds is 9. The summed E-state index contributed by atoms with van der Waals surface area (Å²) in [5.41, 5.74) is 5.96. The minimum Gasteiger partial charge on any atom is -0.481 e. The molecule has 4 rings (SSSR count). The van der Waals surface area contributed by atoms with Crippen molar-refractivity contribution in [2.24, 2.45) is 5.92 Å². The highest BCUT2D eigenvalue weighted by molar-refractivity contribution is 5.84. The van der Waals surface area contributed by atoms with Crippen molar-refractivity contribution >= 4 is 17.5 Å². The average molecular weight is 515 g/mol. The number of carbonyl (C=O) groups is 2. The Labute approximate surface area is 222 Å². The van der Waals surface area contributed by atoms with E-state index >= 15 is 0 Å². The van der Waals surface area contributed by atoms with Crippen LogP contribution >= 0.6 is 0 Å². The van der Waals surface area contributed by atoms with Gasteiger partial charge >= 0.3 is 5.97 Å². The van der Waals surface area contributed by atoms with Gasteiger partial charge in [-0.15, -0.1) is 0 Å². The van der Waals surface area contributed by atoms with Crippen molar-refractivity contribution in [3.63, 3.8) is 0 Å². The summed E-state index contributed by atoms with van der Waals surface area (Å²) in [6, 6.07) is 9.68. The molecular weight excluding hydrogens is 480 g/mol. The van der Waals surface area contributed by atoms with E-state index in [1.807, 2.05) is 75.7 Å². The summed E-state index contributed by atoms with van der Waals surface area (Å²) in [5, 5.41) is 12.7. The monoisotopic (exact) mass is 514 g/mol. The lowest BCUT2D eigenvalue weighted by Gasteiger charge is -2.25. The van der Waals surface area contributed by atoms with Gasteiger partial charge in [-0.1, -0.05) is 32.0 Å². The molecular formula is C30H34N4O4. The quantitative estimate of drug-likeness (QED) is 0.327. The van der Waals surface area contributed by atoms with E-state index in [-0.39, 0.29) is 17.9 Å². The number of aliphatic carboxylic acids is 1. The van der Waals surface area contributed by atoms with Crippen LogP contribution in [-0.4, -0.2) is 30.9 Å². The average Bonchev–Trinajstić information content (AvgIpc) is 3.31. The van der Waals surface area contributed by atoms with Crippen LogP contribution in [0.15, 0.2) is 66.0 Å². The van der Waals surface area contributed by atoms with E-state index in [1.165, 1.54) is 10.6 Å². The van der Waals surface area contributed by atoms with Gasteiger partial charge in [0.15, 0.2) is 0 Å². The van der Waals surface area contributed by atoms with E-state index in [9.17, 15) is 19.5 Å². The van der Waals surface area contributed by atoms with E-state index in [4.69, 9.17) is 0 Å². The highest BCUT2D eigenvalue weighted by atomic mass is 16.4. The van der Waals surface area contributed by atoms with E-state index in [0.29, 0.717) is 12.0 Å². The number of aromatic nitrogens is 3. The molecule has 0 spiro atoms. The second kappa shape index (κ2) is 11.0. The summed E-state index contributed by atoms with van der Waals surface area (Å²) >= 11 is 0. The van der Waals surface area contributed by atoms with Gasteiger partial charge in [-0.2, -0.15) is 0 Å². The van der Waals surface area contributed by atoms with Crippen LogP contribution in [0.3, 0.4) is 0 Å². The van der Waals surface area contributed by atoms with Crippen molar-refractivity contribution in [1.29, 1.82) is 0 Å². The predicted octanol–water partition coefficient (Wildman–Crippen LogP) is 5.01. The zero-order valence-corrected chi connectivity index (χ0v) is 22.4. The summed E-state index contributed by atoms with van der Waals surface area (Å²) in [4.78, 5) is 42.9. The van der Waals surface area contributed by atoms with Gasteiger partial charge in [0, 0.05) is 36.4 Å². The number of aryl methyl sites for hydroxylation is 3. The molecule has 3 heterocycles. The Morgan fingerprint density at radius 1 is 1.05 bits per heavy atom. The fourth-order valence-corrected chi connectivity index (χ4v) is 5.00. The molecule has 2 N–H and O–H groups in total. The molecule has 0 radical (unpaired) electrons. The molecule has 8 heteroatoms. The van der Waals surface area contributed by atoms with Gasteiger partial charge in [0.2, 0.25) is 5.91 Å². The second-order valence-electron chi connectivity index (χ2n) is 10.4. The smallest absolute Gasteiger partial charge is 0.305 e. The van der Waals surface area contributed by atoms with Crippen LogP contribution in [0.2, 0.25) is 0 Å². The lowest BCUT2D eigenvalue weighted by molar-refractivity contribution is -0.138. The van der Waals surface area contributed by atoms with Gasteiger partial charge in [-0.25, -0.2) is 4.98 Å². The molecule has 198 valence electrons. The molecule has 1 aromatic carbocycles. The first kappa shape index (κ1) is 26.9. The molecule has 0 unspecified atom stereocenters. The number of nitrogens with one attached hydrogen (secondary N) is 1. The minimum atomic E-state index is -1.04. The van der Waals surface area contributed by atoms with Crippen molar-refractivity contribution < 1.29 is 14.7 Å². The maximum absolute atomic E-state index is 13.7. The number of amides is 1. The third-order valence-electron chi connectivity index (χ3n) is 6.79. The van der Waals surface area contributed by atoms with Gasteiger partial charge in [-0.3, -0.25) is 14.4 Å². The molecule has 0 fully saturated rings. The topological polar surface area (TPSA) is 106 Å². The summed E-state index contributed by atoms with van der Waals surface area (Å²) in [7, 11) is 0. The molecule has 0 aliphatic carbocycles. The third-order valence-corrected chi connectivity index (χ3v) is 6.79. The standard InChI is InChI=1S/C30H34N4O4/c1-18(2)13-25(34-11-9-19(3)14-26(34)35)30(38)32-24(16-27(36)37)22-15-23(29-31-10-12-33(29)17-22)28-20(4)7-6-8-21(28)5/h6-12,14-15,17-18,24-25H,13,16H2,1-5H3,(H,32,38)(H,36,37)/t24-,25-/m1/s1. The summed E-state index contributed by atoms with van der Waals surface area (Å²) in [5.74, 6) is -1.30. The molecule has 1 amide bonds. The Morgan fingerprint density at radius 2 is 1.76 bits per heavy atom. The van der Waals surface area contributed by atoms with Crippen molar-refractivity contribution in [1.82, 2.24) is 19.3 Å². The van der Waals surface area contributed by atoms with Crippen LogP contribution < -0.4 is 10.9 Å². The molecule has 0 bridgehead atoms. The van der Waals surface area contributed by atoms with Gasteiger partial charge in [-0.05, 0) is 73.1 Å². The second-order valence-corrected chi connectivity index (χ2v) is 10.4. The zero-order valence-electron chi connectivity index (χ0n) is 22.4. The number of carboxylic acid groups (broad SMARTS) is 1. The maximum atomic E-state index is 13.7. The lowest BCUT2D eigenvalue weighted by atomic mass is 9.93. The number of pyridine rings is 2. The van der Waals surface area contributed by atoms with Crippen LogP contribution in [0.1, 0.15) is 61.0 Å². The van der Waals surface area contributed by atoms with Crippen molar-refractivity contribution in [2.45, 2.75) is 59.5 Å². The molecule has 4 aromatic rings. The van der Waals surface area contributed by atoms with E-state index < -0.39 is 24.0 Å². The van der Waals surface area contributed by atoms with Crippen LogP contribution in [0.4, 0.5) is 0 Å². The lowest BCUT2D eigenvalue weighted by Crippen LogP contribution is -2.40. The van der Waals surface area contributed by atoms with Gasteiger partial charge < -0.3 is 19.4 Å². The van der Waals surface area contributed by atoms with Gasteiger partial charge in [0.05, 0.1) is 12.5 Å². The first-order valence-corrected chi connectivity index (χ1v) is 12.8. The highest BCUT2D eigenvalue weighted by Crippen LogP contribution is 2.33. The Bertz CT molecular complexity index is 1530. The van der Waals surface area contributed by atoms with Crippen molar-refractivity contribution in [3.8, 4) is 11.1 Å². The third kappa shape index (κ3) is 5.69. The molecule has 3 aromatic heterocycles. The molecule has 0 saturated carbocycles. The zero-order chi connectivity index (χ0) is 27.6. The largest absolute Gasteiger partial charge is 0.481 e. The molecule has 2 atom stereocenters. The summed E-state index contributed by atoms with van der Waals surface area (Å²) in [6.07, 6.45) is 7.07. The number of nitrogens with zero attached hydrogens (tertiary/aromatic N) is 3. The number of hydrogen-bond acceptors (Lipinski definition) is 4. The normalized spacial score (nSPS) is 13.0. The fourth-order valence-electron chi connectivity index (χ4n) is 5.00. The highest BCUT2D eigenvalue weighted by Gasteiger charge is 2.27. The first-order valence-electron chi connectivity index (χ1n) is 12.8. The first-order chi connectivity index (χ1) is 18.0. The number of imidazole rings is 1. The maximum Gasteiger partial charge on any atom is 0.305 e. The van der Waals surface area contributed by atoms with E-state index in [2.05, 4.69) is 10.3 Å². The number of hydrogen-bond donors (Lipinski definition) is 2. The van der Waals surface area contributed by atoms with Crippen LogP contribution in [0.25, 0.3) is 16.8 Å². The molecule has 8 nitrogen and oxygen atoms in total. The number of benzene rings is 1. The Balaban J connectivity index is 1.79. The molecule has 0 saturated heterocycles. The SMILES string of the molecule is Cc1ccn([C@H](CC(C)C)C(=O)N[C@H](CC(=O)O)c2cc(-c3c(C)cccc3C)c3nccn3c2)c(=O)c1. The van der Waals surface area contributed by atoms with E-state index in [0.717, 1.165) is 33.5 Å². The minimum absolute atomic E-state index is 0.134. The Hall–Kier alpha value is -4.20. The summed E-state index contributed by atoms with van der Waals surface area (Å²) < 4.78 is 3.29. The molecule has 38 heavy (non-hydrogen) atoms. The Morgan fingerprint density at radius 3 is 2.39 bits per heavy atom. The van der Waals surface area contributed by atoms with Crippen molar-refractivity contribution in [2.75, 3.05) is 0 Å². The number of fused-ring (bicyclic) bond motifs is 1. The summed E-state index contributed by atoms with van der Waals surface area (Å²) in [6.45, 7) is 9.85. The van der Waals surface area contributed by atoms with Gasteiger partial charge in [0.25, 0.3) is 5.56 Å². The molecule has 0 aliphatic heterocycles. The van der Waals surface area contributed by atoms with Gasteiger partial charge in [0.1, 0.15) is 11.7 Å². The fraction of sp³-hybridized carbons (Fsp3) is 0.333. The van der Waals surface area contributed by atoms with E-state index in [1.54, 1.807) is 18.5 Å². The number of carboxylic acids is 1. The van der Waals surface area contributed by atoms with Crippen LogP contribution in [0.5, 0.6) is 0 Å². The predicted molar refractivity (Wildman–Crippen MR) is 147 cm³/mol. The Kier molecular flexibility index (Phi) is 7.80. The van der Waals surface area contributed by atoms with Crippen LogP contribution in [0, 0.1) is 26.7 Å². The van der Waals surface area contributed by atoms with Crippen LogP contribution in [-0.2, 0) is 9.59 Å². The molecule has 0 aliphatic rings. The van der Waals surface area contributed by atoms with Crippen molar-refractivity contribution in [3.05, 3.63) is 93.8 Å².